The molecular formula is C29H28N6O3S. The number of fused-ring (bicyclic) bond motifs is 1. The maximum Gasteiger partial charge on any atom is 0.175 e. The predicted molar refractivity (Wildman–Crippen MR) is 153 cm³/mol. The van der Waals surface area contributed by atoms with Crippen LogP contribution in [0.1, 0.15) is 0 Å². The number of hydrogen-bond donors (Lipinski definition) is 1. The Kier molecular flexibility index (Phi) is 6.40. The first-order valence-electron chi connectivity index (χ1n) is 12.6. The molecule has 1 aliphatic rings. The van der Waals surface area contributed by atoms with E-state index in [1.54, 1.807) is 31.6 Å². The lowest BCUT2D eigenvalue weighted by atomic mass is 10.00. The van der Waals surface area contributed by atoms with Gasteiger partial charge in [0.15, 0.2) is 9.84 Å². The molecule has 1 N–H and O–H groups in total. The van der Waals surface area contributed by atoms with E-state index < -0.39 is 9.84 Å². The molecule has 0 aliphatic carbocycles. The summed E-state index contributed by atoms with van der Waals surface area (Å²) in [4.78, 5) is 14.0. The van der Waals surface area contributed by atoms with Gasteiger partial charge >= 0.3 is 0 Å². The van der Waals surface area contributed by atoms with Crippen molar-refractivity contribution in [2.24, 2.45) is 0 Å². The van der Waals surface area contributed by atoms with Crippen molar-refractivity contribution in [3.8, 4) is 28.1 Å². The monoisotopic (exact) mass is 540 g/mol. The summed E-state index contributed by atoms with van der Waals surface area (Å²) in [6.45, 7) is 3.01. The number of benzene rings is 3. The van der Waals surface area contributed by atoms with Crippen LogP contribution >= 0.6 is 0 Å². The molecule has 6 rings (SSSR count). The van der Waals surface area contributed by atoms with E-state index >= 15 is 0 Å². The van der Waals surface area contributed by atoms with Crippen molar-refractivity contribution in [1.82, 2.24) is 20.2 Å². The van der Waals surface area contributed by atoms with Gasteiger partial charge in [0, 0.05) is 54.6 Å². The number of aromatic amines is 1. The number of anilines is 2. The van der Waals surface area contributed by atoms with Crippen LogP contribution in [0, 0.1) is 0 Å². The highest BCUT2D eigenvalue weighted by atomic mass is 32.2. The zero-order chi connectivity index (χ0) is 27.0. The number of H-pyrrole nitrogens is 1. The number of ether oxygens (including phenoxy) is 1. The van der Waals surface area contributed by atoms with Crippen LogP contribution in [0.3, 0.4) is 0 Å². The molecule has 0 amide bonds. The molecule has 0 saturated carbocycles. The first-order chi connectivity index (χ1) is 18.9. The van der Waals surface area contributed by atoms with E-state index in [1.807, 2.05) is 42.6 Å². The van der Waals surface area contributed by atoms with Gasteiger partial charge in [0.25, 0.3) is 0 Å². The molecule has 198 valence electrons. The van der Waals surface area contributed by atoms with Gasteiger partial charge < -0.3 is 14.5 Å². The Morgan fingerprint density at radius 1 is 0.872 bits per heavy atom. The zero-order valence-electron chi connectivity index (χ0n) is 21.7. The predicted octanol–water partition coefficient (Wildman–Crippen LogP) is 4.43. The molecule has 3 heterocycles. The number of piperazine rings is 1. The Morgan fingerprint density at radius 2 is 1.62 bits per heavy atom. The number of aromatic nitrogens is 4. The SMILES string of the molecule is COc1ccc(-c2[nH]ncc2-c2ccc3ncnc(N4CCN(c5cccc(S(C)(=O)=O)c5)CC4)c3c2)cc1. The molecule has 39 heavy (non-hydrogen) atoms. The molecule has 1 aliphatic heterocycles. The van der Waals surface area contributed by atoms with Crippen LogP contribution in [0.15, 0.2) is 84.1 Å². The Hall–Kier alpha value is -4.44. The molecule has 9 nitrogen and oxygen atoms in total. The highest BCUT2D eigenvalue weighted by Crippen LogP contribution is 2.34. The summed E-state index contributed by atoms with van der Waals surface area (Å²) in [6, 6.07) is 21.2. The summed E-state index contributed by atoms with van der Waals surface area (Å²) in [6.07, 6.45) is 4.69. The van der Waals surface area contributed by atoms with Crippen LogP contribution in [0.25, 0.3) is 33.3 Å². The molecule has 0 atom stereocenters. The van der Waals surface area contributed by atoms with Gasteiger partial charge in [-0.25, -0.2) is 18.4 Å². The van der Waals surface area contributed by atoms with Gasteiger partial charge in [-0.1, -0.05) is 12.1 Å². The largest absolute Gasteiger partial charge is 0.497 e. The zero-order valence-corrected chi connectivity index (χ0v) is 22.5. The lowest BCUT2D eigenvalue weighted by Gasteiger charge is -2.37. The van der Waals surface area contributed by atoms with Crippen molar-refractivity contribution in [2.75, 3.05) is 49.3 Å². The molecule has 1 fully saturated rings. The molecule has 1 saturated heterocycles. The second-order valence-electron chi connectivity index (χ2n) is 9.56. The summed E-state index contributed by atoms with van der Waals surface area (Å²) >= 11 is 0. The first kappa shape index (κ1) is 24.9. The van der Waals surface area contributed by atoms with Gasteiger partial charge in [0.1, 0.15) is 17.9 Å². The summed E-state index contributed by atoms with van der Waals surface area (Å²) in [5.41, 5.74) is 5.76. The van der Waals surface area contributed by atoms with E-state index in [1.165, 1.54) is 6.26 Å². The molecule has 0 radical (unpaired) electrons. The minimum atomic E-state index is -3.26. The Labute approximate surface area is 227 Å². The molecule has 5 aromatic rings. The highest BCUT2D eigenvalue weighted by molar-refractivity contribution is 7.90. The number of nitrogens with zero attached hydrogens (tertiary/aromatic N) is 5. The quantitative estimate of drug-likeness (QED) is 0.337. The van der Waals surface area contributed by atoms with Crippen molar-refractivity contribution in [3.05, 3.63) is 79.3 Å². The fourth-order valence-corrected chi connectivity index (χ4v) is 5.69. The average molecular weight is 541 g/mol. The summed E-state index contributed by atoms with van der Waals surface area (Å²) < 4.78 is 29.3. The van der Waals surface area contributed by atoms with Crippen molar-refractivity contribution >= 4 is 32.2 Å². The molecule has 0 spiro atoms. The van der Waals surface area contributed by atoms with Crippen molar-refractivity contribution in [2.45, 2.75) is 4.90 Å². The van der Waals surface area contributed by atoms with E-state index in [2.05, 4.69) is 42.1 Å². The van der Waals surface area contributed by atoms with E-state index in [-0.39, 0.29) is 0 Å². The minimum Gasteiger partial charge on any atom is -0.497 e. The fourth-order valence-electron chi connectivity index (χ4n) is 5.03. The summed E-state index contributed by atoms with van der Waals surface area (Å²) in [7, 11) is -1.60. The maximum absolute atomic E-state index is 12.0. The average Bonchev–Trinajstić information content (AvgIpc) is 3.46. The van der Waals surface area contributed by atoms with Gasteiger partial charge in [-0.2, -0.15) is 5.10 Å². The molecular weight excluding hydrogens is 512 g/mol. The Morgan fingerprint density at radius 3 is 2.36 bits per heavy atom. The van der Waals surface area contributed by atoms with Gasteiger partial charge in [-0.15, -0.1) is 0 Å². The van der Waals surface area contributed by atoms with E-state index in [4.69, 9.17) is 4.74 Å². The second-order valence-corrected chi connectivity index (χ2v) is 11.6. The number of hydrogen-bond acceptors (Lipinski definition) is 8. The van der Waals surface area contributed by atoms with Gasteiger partial charge in [-0.05, 0) is 60.2 Å². The van der Waals surface area contributed by atoms with Gasteiger partial charge in [-0.3, -0.25) is 5.10 Å². The van der Waals surface area contributed by atoms with Crippen LogP contribution in [0.4, 0.5) is 11.5 Å². The van der Waals surface area contributed by atoms with Gasteiger partial charge in [0.2, 0.25) is 0 Å². The first-order valence-corrected chi connectivity index (χ1v) is 14.5. The number of methoxy groups -OCH3 is 1. The van der Waals surface area contributed by atoms with E-state index in [9.17, 15) is 8.42 Å². The van der Waals surface area contributed by atoms with Gasteiger partial charge in [0.05, 0.1) is 29.4 Å². The minimum absolute atomic E-state index is 0.338. The molecule has 0 unspecified atom stereocenters. The summed E-state index contributed by atoms with van der Waals surface area (Å²) in [5.74, 6) is 1.69. The van der Waals surface area contributed by atoms with E-state index in [0.29, 0.717) is 4.90 Å². The second kappa shape index (κ2) is 10.0. The standard InChI is InChI=1S/C29H28N6O3S/c1-38-23-9-6-20(7-10-23)28-26(18-32-33-28)21-8-11-27-25(16-21)29(31-19-30-27)35-14-12-34(13-15-35)22-4-3-5-24(17-22)39(2,36)37/h3-11,16-19H,12-15H2,1-2H3,(H,32,33). The van der Waals surface area contributed by atoms with Crippen molar-refractivity contribution in [1.29, 1.82) is 0 Å². The lowest BCUT2D eigenvalue weighted by Crippen LogP contribution is -2.47. The normalized spacial score (nSPS) is 14.1. The Bertz CT molecular complexity index is 1740. The molecule has 10 heteroatoms. The van der Waals surface area contributed by atoms with Crippen LogP contribution in [-0.2, 0) is 9.84 Å². The van der Waals surface area contributed by atoms with Crippen LogP contribution < -0.4 is 14.5 Å². The Balaban J connectivity index is 1.28. The van der Waals surface area contributed by atoms with Crippen LogP contribution in [0.2, 0.25) is 0 Å². The number of sulfone groups is 1. The smallest absolute Gasteiger partial charge is 0.175 e. The molecule has 3 aromatic carbocycles. The highest BCUT2D eigenvalue weighted by Gasteiger charge is 2.22. The molecule has 2 aromatic heterocycles. The maximum atomic E-state index is 12.0. The van der Waals surface area contributed by atoms with Crippen molar-refractivity contribution < 1.29 is 13.2 Å². The third-order valence-corrected chi connectivity index (χ3v) is 8.24. The number of nitrogens with one attached hydrogen (secondary N) is 1. The topological polar surface area (TPSA) is 104 Å². The van der Waals surface area contributed by atoms with E-state index in [0.717, 1.165) is 76.7 Å². The lowest BCUT2D eigenvalue weighted by molar-refractivity contribution is 0.415. The van der Waals surface area contributed by atoms with Crippen molar-refractivity contribution in [3.63, 3.8) is 0 Å². The molecule has 0 bridgehead atoms. The van der Waals surface area contributed by atoms with Crippen LogP contribution in [0.5, 0.6) is 5.75 Å². The summed E-state index contributed by atoms with van der Waals surface area (Å²) in [5, 5.41) is 8.45. The fraction of sp³-hybridized carbons (Fsp3) is 0.207. The number of rotatable bonds is 6. The van der Waals surface area contributed by atoms with Crippen LogP contribution in [-0.4, -0.2) is 68.1 Å². The third-order valence-electron chi connectivity index (χ3n) is 7.13. The third kappa shape index (κ3) is 4.90.